The zero-order valence-corrected chi connectivity index (χ0v) is 9.69. The highest BCUT2D eigenvalue weighted by molar-refractivity contribution is 5.74. The molecule has 3 nitrogen and oxygen atoms in total. The Morgan fingerprint density at radius 2 is 2.40 bits per heavy atom. The predicted octanol–water partition coefficient (Wildman–Crippen LogP) is 1.90. The second kappa shape index (κ2) is 5.31. The van der Waals surface area contributed by atoms with Crippen LogP contribution in [0.15, 0.2) is 11.6 Å². The number of esters is 1. The van der Waals surface area contributed by atoms with Crippen molar-refractivity contribution in [2.45, 2.75) is 39.7 Å². The van der Waals surface area contributed by atoms with Gasteiger partial charge in [-0.1, -0.05) is 18.6 Å². The van der Waals surface area contributed by atoms with Gasteiger partial charge in [-0.05, 0) is 38.5 Å². The standard InChI is InChI=1S/C12H20O3/c1-4-15-12(14)11(13)10-6-8(2)5-9(3)7-10/h5,8,10-11,13H,4,6-7H2,1-3H3. The molecule has 3 heteroatoms. The normalized spacial score (nSPS) is 28.1. The Morgan fingerprint density at radius 1 is 1.73 bits per heavy atom. The molecule has 0 aliphatic heterocycles. The van der Waals surface area contributed by atoms with Gasteiger partial charge in [0.1, 0.15) is 0 Å². The molecule has 0 saturated heterocycles. The molecule has 1 aliphatic carbocycles. The lowest BCUT2D eigenvalue weighted by Crippen LogP contribution is -2.33. The number of ether oxygens (including phenoxy) is 1. The number of aliphatic hydroxyl groups is 1. The fourth-order valence-corrected chi connectivity index (χ4v) is 2.26. The first-order valence-corrected chi connectivity index (χ1v) is 5.56. The van der Waals surface area contributed by atoms with Gasteiger partial charge in [0.15, 0.2) is 6.10 Å². The summed E-state index contributed by atoms with van der Waals surface area (Å²) in [6.45, 7) is 6.22. The minimum atomic E-state index is -0.962. The molecule has 0 aromatic rings. The minimum absolute atomic E-state index is 0.0176. The molecule has 0 bridgehead atoms. The number of aliphatic hydroxyl groups excluding tert-OH is 1. The van der Waals surface area contributed by atoms with E-state index in [9.17, 15) is 9.90 Å². The summed E-state index contributed by atoms with van der Waals surface area (Å²) in [6.07, 6.45) is 2.90. The zero-order valence-electron chi connectivity index (χ0n) is 9.69. The van der Waals surface area contributed by atoms with Crippen LogP contribution in [0.1, 0.15) is 33.6 Å². The highest BCUT2D eigenvalue weighted by Crippen LogP contribution is 2.30. The number of allylic oxidation sites excluding steroid dienone is 2. The van der Waals surface area contributed by atoms with Gasteiger partial charge in [-0.3, -0.25) is 0 Å². The summed E-state index contributed by atoms with van der Waals surface area (Å²) in [6, 6.07) is 0. The Morgan fingerprint density at radius 3 is 2.93 bits per heavy atom. The first-order valence-electron chi connectivity index (χ1n) is 5.56. The minimum Gasteiger partial charge on any atom is -0.464 e. The Balaban J connectivity index is 2.57. The van der Waals surface area contributed by atoms with Crippen LogP contribution in [-0.2, 0) is 9.53 Å². The number of carbonyl (C=O) groups is 1. The summed E-state index contributed by atoms with van der Waals surface area (Å²) in [5.41, 5.74) is 1.25. The molecule has 86 valence electrons. The summed E-state index contributed by atoms with van der Waals surface area (Å²) in [5, 5.41) is 9.81. The number of rotatable bonds is 3. The highest BCUT2D eigenvalue weighted by Gasteiger charge is 2.30. The Kier molecular flexibility index (Phi) is 4.33. The molecule has 0 amide bonds. The van der Waals surface area contributed by atoms with Gasteiger partial charge in [0.05, 0.1) is 6.61 Å². The van der Waals surface area contributed by atoms with E-state index in [0.29, 0.717) is 12.5 Å². The van der Waals surface area contributed by atoms with Gasteiger partial charge >= 0.3 is 5.97 Å². The molecule has 1 N–H and O–H groups in total. The lowest BCUT2D eigenvalue weighted by atomic mass is 9.80. The van der Waals surface area contributed by atoms with E-state index in [4.69, 9.17) is 4.74 Å². The molecular formula is C12H20O3. The Bertz CT molecular complexity index is 258. The van der Waals surface area contributed by atoms with E-state index in [1.54, 1.807) is 6.92 Å². The second-order valence-electron chi connectivity index (χ2n) is 4.39. The van der Waals surface area contributed by atoms with Crippen LogP contribution in [0.3, 0.4) is 0 Å². The second-order valence-corrected chi connectivity index (χ2v) is 4.39. The first kappa shape index (κ1) is 12.2. The van der Waals surface area contributed by atoms with Crippen molar-refractivity contribution in [3.8, 4) is 0 Å². The molecule has 0 radical (unpaired) electrons. The monoisotopic (exact) mass is 212 g/mol. The van der Waals surface area contributed by atoms with Gasteiger partial charge in [0.2, 0.25) is 0 Å². The summed E-state index contributed by atoms with van der Waals surface area (Å²) in [5.74, 6) is -0.0266. The highest BCUT2D eigenvalue weighted by atomic mass is 16.5. The molecule has 0 spiro atoms. The van der Waals surface area contributed by atoms with Gasteiger partial charge in [-0.15, -0.1) is 0 Å². The fourth-order valence-electron chi connectivity index (χ4n) is 2.26. The summed E-state index contributed by atoms with van der Waals surface area (Å²) >= 11 is 0. The van der Waals surface area contributed by atoms with Crippen LogP contribution < -0.4 is 0 Å². The molecule has 0 heterocycles. The van der Waals surface area contributed by atoms with Gasteiger partial charge in [0.25, 0.3) is 0 Å². The van der Waals surface area contributed by atoms with Gasteiger partial charge in [-0.2, -0.15) is 0 Å². The quantitative estimate of drug-likeness (QED) is 0.574. The maximum atomic E-state index is 11.4. The predicted molar refractivity (Wildman–Crippen MR) is 58.3 cm³/mol. The molecule has 3 unspecified atom stereocenters. The third-order valence-electron chi connectivity index (χ3n) is 2.80. The zero-order chi connectivity index (χ0) is 11.4. The molecule has 1 aliphatic rings. The van der Waals surface area contributed by atoms with Crippen molar-refractivity contribution in [2.24, 2.45) is 11.8 Å². The van der Waals surface area contributed by atoms with Crippen LogP contribution in [0.25, 0.3) is 0 Å². The average molecular weight is 212 g/mol. The van der Waals surface area contributed by atoms with Crippen LogP contribution in [-0.4, -0.2) is 23.8 Å². The third kappa shape index (κ3) is 3.34. The van der Waals surface area contributed by atoms with Crippen LogP contribution in [0.5, 0.6) is 0 Å². The molecule has 0 aromatic carbocycles. The Hall–Kier alpha value is -0.830. The van der Waals surface area contributed by atoms with Crippen molar-refractivity contribution in [2.75, 3.05) is 6.61 Å². The SMILES string of the molecule is CCOC(=O)C(O)C1CC(C)=CC(C)C1. The maximum Gasteiger partial charge on any atom is 0.335 e. The molecular weight excluding hydrogens is 192 g/mol. The van der Waals surface area contributed by atoms with E-state index in [1.807, 2.05) is 6.92 Å². The van der Waals surface area contributed by atoms with Gasteiger partial charge in [-0.25, -0.2) is 4.79 Å². The summed E-state index contributed by atoms with van der Waals surface area (Å²) in [7, 11) is 0. The van der Waals surface area contributed by atoms with E-state index in [1.165, 1.54) is 5.57 Å². The van der Waals surface area contributed by atoms with Crippen LogP contribution >= 0.6 is 0 Å². The van der Waals surface area contributed by atoms with Crippen molar-refractivity contribution in [1.82, 2.24) is 0 Å². The fraction of sp³-hybridized carbons (Fsp3) is 0.750. The van der Waals surface area contributed by atoms with E-state index in [0.717, 1.165) is 12.8 Å². The first-order chi connectivity index (χ1) is 7.04. The largest absolute Gasteiger partial charge is 0.464 e. The lowest BCUT2D eigenvalue weighted by molar-refractivity contribution is -0.156. The summed E-state index contributed by atoms with van der Waals surface area (Å²) < 4.78 is 4.82. The molecule has 1 rings (SSSR count). The number of hydrogen-bond donors (Lipinski definition) is 1. The van der Waals surface area contributed by atoms with E-state index >= 15 is 0 Å². The van der Waals surface area contributed by atoms with E-state index in [-0.39, 0.29) is 5.92 Å². The molecule has 0 aromatic heterocycles. The van der Waals surface area contributed by atoms with Crippen LogP contribution in [0.4, 0.5) is 0 Å². The maximum absolute atomic E-state index is 11.4. The third-order valence-corrected chi connectivity index (χ3v) is 2.80. The molecule has 0 fully saturated rings. The van der Waals surface area contributed by atoms with Gasteiger partial charge < -0.3 is 9.84 Å². The van der Waals surface area contributed by atoms with E-state index in [2.05, 4.69) is 13.0 Å². The van der Waals surface area contributed by atoms with Crippen LogP contribution in [0, 0.1) is 11.8 Å². The smallest absolute Gasteiger partial charge is 0.335 e. The van der Waals surface area contributed by atoms with Crippen molar-refractivity contribution >= 4 is 5.97 Å². The van der Waals surface area contributed by atoms with Crippen molar-refractivity contribution in [1.29, 1.82) is 0 Å². The van der Waals surface area contributed by atoms with Crippen molar-refractivity contribution < 1.29 is 14.6 Å². The van der Waals surface area contributed by atoms with Gasteiger partial charge in [0, 0.05) is 0 Å². The number of carbonyl (C=O) groups excluding carboxylic acids is 1. The van der Waals surface area contributed by atoms with Crippen molar-refractivity contribution in [3.05, 3.63) is 11.6 Å². The lowest BCUT2D eigenvalue weighted by Gasteiger charge is -2.28. The summed E-state index contributed by atoms with van der Waals surface area (Å²) in [4.78, 5) is 11.4. The topological polar surface area (TPSA) is 46.5 Å². The molecule has 0 saturated carbocycles. The van der Waals surface area contributed by atoms with Crippen LogP contribution in [0.2, 0.25) is 0 Å². The average Bonchev–Trinajstić information content (AvgIpc) is 2.15. The van der Waals surface area contributed by atoms with E-state index < -0.39 is 12.1 Å². The molecule has 15 heavy (non-hydrogen) atoms. The molecule has 3 atom stereocenters. The van der Waals surface area contributed by atoms with Crippen molar-refractivity contribution in [3.63, 3.8) is 0 Å². The number of hydrogen-bond acceptors (Lipinski definition) is 3. The Labute approximate surface area is 91.1 Å².